The zero-order valence-electron chi connectivity index (χ0n) is 11.1. The monoisotopic (exact) mass is 273 g/mol. The first-order chi connectivity index (χ1) is 8.04. The van der Waals surface area contributed by atoms with Gasteiger partial charge in [-0.2, -0.15) is 0 Å². The summed E-state index contributed by atoms with van der Waals surface area (Å²) < 4.78 is 12.8. The Morgan fingerprint density at radius 2 is 1.83 bits per heavy atom. The highest BCUT2D eigenvalue weighted by Crippen LogP contribution is 2.10. The molecule has 0 spiro atoms. The standard InChI is InChI=1S/C14H20FNO.ClH/c1-4-5-13(16-10(2)3)14(17)11-6-8-12(15)9-7-11;/h6-10,13,16H,4-5H2,1-3H3;1H. The summed E-state index contributed by atoms with van der Waals surface area (Å²) in [5, 5.41) is 3.25. The van der Waals surface area contributed by atoms with Crippen molar-refractivity contribution in [1.29, 1.82) is 0 Å². The van der Waals surface area contributed by atoms with Crippen LogP contribution in [0.4, 0.5) is 4.39 Å². The van der Waals surface area contributed by atoms with Gasteiger partial charge >= 0.3 is 0 Å². The van der Waals surface area contributed by atoms with Crippen molar-refractivity contribution >= 4 is 18.2 Å². The fourth-order valence-electron chi connectivity index (χ4n) is 1.80. The fourth-order valence-corrected chi connectivity index (χ4v) is 1.80. The second-order valence-corrected chi connectivity index (χ2v) is 4.53. The van der Waals surface area contributed by atoms with Crippen molar-refractivity contribution in [2.45, 2.75) is 45.7 Å². The van der Waals surface area contributed by atoms with E-state index in [-0.39, 0.29) is 36.1 Å². The Kier molecular flexibility index (Phi) is 7.80. The Balaban J connectivity index is 0.00000289. The van der Waals surface area contributed by atoms with Crippen LogP contribution < -0.4 is 5.32 Å². The van der Waals surface area contributed by atoms with Crippen LogP contribution >= 0.6 is 12.4 Å². The van der Waals surface area contributed by atoms with Crippen molar-refractivity contribution in [2.75, 3.05) is 0 Å². The van der Waals surface area contributed by atoms with E-state index in [0.29, 0.717) is 5.56 Å². The van der Waals surface area contributed by atoms with Crippen molar-refractivity contribution in [2.24, 2.45) is 0 Å². The third-order valence-corrected chi connectivity index (χ3v) is 2.56. The fraction of sp³-hybridized carbons (Fsp3) is 0.500. The van der Waals surface area contributed by atoms with Crippen LogP contribution in [-0.4, -0.2) is 17.9 Å². The predicted octanol–water partition coefficient (Wildman–Crippen LogP) is 3.60. The van der Waals surface area contributed by atoms with E-state index in [9.17, 15) is 9.18 Å². The smallest absolute Gasteiger partial charge is 0.179 e. The second-order valence-electron chi connectivity index (χ2n) is 4.53. The highest BCUT2D eigenvalue weighted by molar-refractivity contribution is 6.00. The van der Waals surface area contributed by atoms with Crippen molar-refractivity contribution in [3.8, 4) is 0 Å². The lowest BCUT2D eigenvalue weighted by atomic mass is 10.00. The topological polar surface area (TPSA) is 29.1 Å². The number of hydrogen-bond donors (Lipinski definition) is 1. The largest absolute Gasteiger partial charge is 0.305 e. The lowest BCUT2D eigenvalue weighted by Gasteiger charge is -2.19. The highest BCUT2D eigenvalue weighted by Gasteiger charge is 2.19. The van der Waals surface area contributed by atoms with Gasteiger partial charge in [0.1, 0.15) is 5.82 Å². The van der Waals surface area contributed by atoms with Crippen LogP contribution in [0.3, 0.4) is 0 Å². The molecule has 0 saturated carbocycles. The van der Waals surface area contributed by atoms with Crippen molar-refractivity contribution in [1.82, 2.24) is 5.32 Å². The molecule has 1 atom stereocenters. The minimum absolute atomic E-state index is 0. The molecular weight excluding hydrogens is 253 g/mol. The Hall–Kier alpha value is -0.930. The Bertz CT molecular complexity index is 365. The van der Waals surface area contributed by atoms with E-state index in [4.69, 9.17) is 0 Å². The summed E-state index contributed by atoms with van der Waals surface area (Å²) in [4.78, 5) is 12.2. The second kappa shape index (κ2) is 8.22. The van der Waals surface area contributed by atoms with Crippen LogP contribution in [-0.2, 0) is 0 Å². The van der Waals surface area contributed by atoms with E-state index >= 15 is 0 Å². The highest BCUT2D eigenvalue weighted by atomic mass is 35.5. The molecule has 0 bridgehead atoms. The number of Topliss-reactive ketones (excluding diaryl/α,β-unsaturated/α-hetero) is 1. The van der Waals surface area contributed by atoms with Gasteiger partial charge in [0.15, 0.2) is 5.78 Å². The van der Waals surface area contributed by atoms with Crippen LogP contribution in [0.1, 0.15) is 44.0 Å². The van der Waals surface area contributed by atoms with Crippen molar-refractivity contribution < 1.29 is 9.18 Å². The van der Waals surface area contributed by atoms with Crippen LogP contribution in [0, 0.1) is 5.82 Å². The number of carbonyl (C=O) groups is 1. The molecule has 18 heavy (non-hydrogen) atoms. The minimum atomic E-state index is -0.314. The molecule has 0 aliphatic carbocycles. The molecule has 1 aromatic carbocycles. The number of halogens is 2. The first-order valence-electron chi connectivity index (χ1n) is 6.10. The summed E-state index contributed by atoms with van der Waals surface area (Å²) in [6, 6.07) is 5.82. The predicted molar refractivity (Wildman–Crippen MR) is 74.9 cm³/mol. The summed E-state index contributed by atoms with van der Waals surface area (Å²) in [6.45, 7) is 6.08. The maximum Gasteiger partial charge on any atom is 0.179 e. The number of benzene rings is 1. The molecule has 0 saturated heterocycles. The number of rotatable bonds is 6. The van der Waals surface area contributed by atoms with Gasteiger partial charge in [0.2, 0.25) is 0 Å². The van der Waals surface area contributed by atoms with Gasteiger partial charge in [-0.05, 0) is 30.7 Å². The van der Waals surface area contributed by atoms with E-state index in [1.165, 1.54) is 12.1 Å². The van der Waals surface area contributed by atoms with Crippen molar-refractivity contribution in [3.63, 3.8) is 0 Å². The molecule has 4 heteroatoms. The van der Waals surface area contributed by atoms with E-state index in [1.54, 1.807) is 12.1 Å². The SMILES string of the molecule is CCCC(NC(C)C)C(=O)c1ccc(F)cc1.Cl. The lowest BCUT2D eigenvalue weighted by molar-refractivity contribution is 0.0932. The summed E-state index contributed by atoms with van der Waals surface area (Å²) in [5.41, 5.74) is 0.568. The number of ketones is 1. The third-order valence-electron chi connectivity index (χ3n) is 2.56. The van der Waals surface area contributed by atoms with Gasteiger partial charge in [-0.15, -0.1) is 12.4 Å². The van der Waals surface area contributed by atoms with Gasteiger partial charge in [-0.1, -0.05) is 27.2 Å². The molecule has 0 aliphatic heterocycles. The number of nitrogens with one attached hydrogen (secondary N) is 1. The third kappa shape index (κ3) is 5.15. The molecule has 1 N–H and O–H groups in total. The zero-order chi connectivity index (χ0) is 12.8. The van der Waals surface area contributed by atoms with Gasteiger partial charge in [-0.25, -0.2) is 4.39 Å². The molecule has 0 aromatic heterocycles. The first kappa shape index (κ1) is 17.1. The Morgan fingerprint density at radius 3 is 2.28 bits per heavy atom. The van der Waals surface area contributed by atoms with Gasteiger partial charge < -0.3 is 5.32 Å². The quantitative estimate of drug-likeness (QED) is 0.803. The first-order valence-corrected chi connectivity index (χ1v) is 6.10. The lowest BCUT2D eigenvalue weighted by Crippen LogP contribution is -2.40. The maximum absolute atomic E-state index is 12.8. The number of carbonyl (C=O) groups excluding carboxylic acids is 1. The van der Waals surface area contributed by atoms with E-state index in [1.807, 2.05) is 20.8 Å². The zero-order valence-corrected chi connectivity index (χ0v) is 11.9. The molecule has 2 nitrogen and oxygen atoms in total. The van der Waals surface area contributed by atoms with Crippen LogP contribution in [0.2, 0.25) is 0 Å². The Morgan fingerprint density at radius 1 is 1.28 bits per heavy atom. The summed E-state index contributed by atoms with van der Waals surface area (Å²) >= 11 is 0. The van der Waals surface area contributed by atoms with E-state index in [2.05, 4.69) is 5.32 Å². The van der Waals surface area contributed by atoms with Gasteiger partial charge in [0.05, 0.1) is 6.04 Å². The molecule has 0 amide bonds. The average molecular weight is 274 g/mol. The number of hydrogen-bond acceptors (Lipinski definition) is 2. The van der Waals surface area contributed by atoms with Crippen LogP contribution in [0.25, 0.3) is 0 Å². The van der Waals surface area contributed by atoms with Crippen molar-refractivity contribution in [3.05, 3.63) is 35.6 Å². The molecule has 1 rings (SSSR count). The van der Waals surface area contributed by atoms with Gasteiger partial charge in [0, 0.05) is 11.6 Å². The molecular formula is C14H21ClFNO. The minimum Gasteiger partial charge on any atom is -0.305 e. The van der Waals surface area contributed by atoms with Crippen LogP contribution in [0.5, 0.6) is 0 Å². The molecule has 0 aliphatic rings. The average Bonchev–Trinajstić information content (AvgIpc) is 2.28. The summed E-state index contributed by atoms with van der Waals surface area (Å²) in [5.74, 6) is -0.272. The molecule has 1 unspecified atom stereocenters. The summed E-state index contributed by atoms with van der Waals surface area (Å²) in [6.07, 6.45) is 1.74. The molecule has 1 aromatic rings. The van der Waals surface area contributed by atoms with Gasteiger partial charge in [0.25, 0.3) is 0 Å². The normalized spacial score (nSPS) is 12.1. The maximum atomic E-state index is 12.8. The molecule has 0 fully saturated rings. The molecule has 0 heterocycles. The van der Waals surface area contributed by atoms with E-state index < -0.39 is 0 Å². The van der Waals surface area contributed by atoms with Crippen LogP contribution in [0.15, 0.2) is 24.3 Å². The molecule has 0 radical (unpaired) electrons. The van der Waals surface area contributed by atoms with Gasteiger partial charge in [-0.3, -0.25) is 4.79 Å². The molecule has 102 valence electrons. The Labute approximate surface area is 114 Å². The van der Waals surface area contributed by atoms with E-state index in [0.717, 1.165) is 12.8 Å². The summed E-state index contributed by atoms with van der Waals surface area (Å²) in [7, 11) is 0.